The van der Waals surface area contributed by atoms with Crippen molar-refractivity contribution in [1.82, 2.24) is 9.80 Å². The van der Waals surface area contributed by atoms with Crippen LogP contribution < -0.4 is 0 Å². The maximum atomic E-state index is 13.1. The number of rotatable bonds is 1. The third-order valence-corrected chi connectivity index (χ3v) is 3.83. The zero-order chi connectivity index (χ0) is 12.0. The van der Waals surface area contributed by atoms with Gasteiger partial charge in [-0.15, -0.1) is 0 Å². The van der Waals surface area contributed by atoms with E-state index in [1.165, 1.54) is 0 Å². The molecule has 16 heavy (non-hydrogen) atoms. The third-order valence-electron chi connectivity index (χ3n) is 3.83. The first-order valence-electron chi connectivity index (χ1n) is 6.15. The summed E-state index contributed by atoms with van der Waals surface area (Å²) in [6.45, 7) is 9.08. The van der Waals surface area contributed by atoms with E-state index >= 15 is 0 Å². The molecule has 2 aliphatic heterocycles. The average Bonchev–Trinajstić information content (AvgIpc) is 2.68. The number of nitrogens with zero attached hydrogens (tertiary/aromatic N) is 2. The van der Waals surface area contributed by atoms with E-state index in [1.807, 2.05) is 4.90 Å². The molecule has 1 atom stereocenters. The number of likely N-dealkylation sites (tertiary alicyclic amines) is 2. The molecule has 0 unspecified atom stereocenters. The topological polar surface area (TPSA) is 6.48 Å². The van der Waals surface area contributed by atoms with Crippen LogP contribution >= 0.6 is 0 Å². The lowest BCUT2D eigenvalue weighted by Gasteiger charge is -2.32. The van der Waals surface area contributed by atoms with E-state index in [9.17, 15) is 8.78 Å². The molecule has 2 aliphatic rings. The van der Waals surface area contributed by atoms with Gasteiger partial charge in [-0.1, -0.05) is 0 Å². The van der Waals surface area contributed by atoms with Crippen LogP contribution in [0.25, 0.3) is 0 Å². The second-order valence-electron chi connectivity index (χ2n) is 6.14. The second kappa shape index (κ2) is 3.91. The van der Waals surface area contributed by atoms with Crippen molar-refractivity contribution in [3.63, 3.8) is 0 Å². The molecule has 2 rings (SSSR count). The van der Waals surface area contributed by atoms with Crippen molar-refractivity contribution in [1.29, 1.82) is 0 Å². The summed E-state index contributed by atoms with van der Waals surface area (Å²) in [5.41, 5.74) is 0.164. The molecule has 0 saturated carbocycles. The van der Waals surface area contributed by atoms with Gasteiger partial charge in [0.2, 0.25) is 0 Å². The molecule has 0 aromatic heterocycles. The molecule has 0 aliphatic carbocycles. The molecule has 0 aromatic carbocycles. The zero-order valence-corrected chi connectivity index (χ0v) is 10.5. The predicted molar refractivity (Wildman–Crippen MR) is 60.9 cm³/mol. The van der Waals surface area contributed by atoms with Gasteiger partial charge in [0.15, 0.2) is 0 Å². The summed E-state index contributed by atoms with van der Waals surface area (Å²) in [6.07, 6.45) is 1.08. The minimum absolute atomic E-state index is 0.0321. The lowest BCUT2D eigenvalue weighted by molar-refractivity contribution is 0.00759. The van der Waals surface area contributed by atoms with Crippen LogP contribution in [0.4, 0.5) is 8.78 Å². The van der Waals surface area contributed by atoms with Crippen molar-refractivity contribution < 1.29 is 8.78 Å². The number of hydrogen-bond donors (Lipinski definition) is 0. The Morgan fingerprint density at radius 1 is 1.19 bits per heavy atom. The summed E-state index contributed by atoms with van der Waals surface area (Å²) in [7, 11) is 0. The molecular formula is C12H22F2N2. The summed E-state index contributed by atoms with van der Waals surface area (Å²) in [5, 5.41) is 0. The summed E-state index contributed by atoms with van der Waals surface area (Å²) in [4.78, 5) is 4.37. The van der Waals surface area contributed by atoms with Crippen LogP contribution in [0.1, 0.15) is 33.6 Å². The Balaban J connectivity index is 1.90. The van der Waals surface area contributed by atoms with Crippen molar-refractivity contribution in [3.05, 3.63) is 0 Å². The smallest absolute Gasteiger partial charge is 0.261 e. The van der Waals surface area contributed by atoms with Crippen molar-refractivity contribution in [2.75, 3.05) is 26.2 Å². The fourth-order valence-corrected chi connectivity index (χ4v) is 2.72. The Morgan fingerprint density at radius 3 is 2.31 bits per heavy atom. The Bertz CT molecular complexity index is 260. The molecule has 0 bridgehead atoms. The Hall–Kier alpha value is -0.220. The molecule has 94 valence electrons. The van der Waals surface area contributed by atoms with Gasteiger partial charge in [-0.2, -0.15) is 0 Å². The highest BCUT2D eigenvalue weighted by molar-refractivity contribution is 4.93. The van der Waals surface area contributed by atoms with Crippen molar-refractivity contribution in [2.24, 2.45) is 0 Å². The molecule has 0 spiro atoms. The fraction of sp³-hybridized carbons (Fsp3) is 1.00. The van der Waals surface area contributed by atoms with Crippen LogP contribution in [0, 0.1) is 0 Å². The summed E-state index contributed by atoms with van der Waals surface area (Å²) in [5.74, 6) is -2.45. The van der Waals surface area contributed by atoms with Gasteiger partial charge >= 0.3 is 0 Å². The quantitative estimate of drug-likeness (QED) is 0.684. The van der Waals surface area contributed by atoms with Crippen LogP contribution in [0.2, 0.25) is 0 Å². The van der Waals surface area contributed by atoms with Crippen LogP contribution in [0.5, 0.6) is 0 Å². The van der Waals surface area contributed by atoms with Crippen molar-refractivity contribution >= 4 is 0 Å². The van der Waals surface area contributed by atoms with Gasteiger partial charge in [0, 0.05) is 37.6 Å². The molecule has 4 heteroatoms. The lowest BCUT2D eigenvalue weighted by Crippen LogP contribution is -2.43. The highest BCUT2D eigenvalue weighted by Gasteiger charge is 2.43. The van der Waals surface area contributed by atoms with Gasteiger partial charge in [-0.3, -0.25) is 9.80 Å². The van der Waals surface area contributed by atoms with Crippen LogP contribution in [0.15, 0.2) is 0 Å². The predicted octanol–water partition coefficient (Wildman–Crippen LogP) is 2.20. The monoisotopic (exact) mass is 232 g/mol. The van der Waals surface area contributed by atoms with E-state index in [2.05, 4.69) is 25.7 Å². The SMILES string of the molecule is CC(C)(C)N1CC[C@@H](N2CCC(F)(F)C2)C1. The fourth-order valence-electron chi connectivity index (χ4n) is 2.72. The van der Waals surface area contributed by atoms with Gasteiger partial charge in [0.25, 0.3) is 5.92 Å². The Morgan fingerprint density at radius 2 is 1.88 bits per heavy atom. The van der Waals surface area contributed by atoms with E-state index in [0.717, 1.165) is 19.5 Å². The summed E-state index contributed by atoms with van der Waals surface area (Å²) >= 11 is 0. The highest BCUT2D eigenvalue weighted by Crippen LogP contribution is 2.32. The van der Waals surface area contributed by atoms with Crippen molar-refractivity contribution in [3.8, 4) is 0 Å². The third kappa shape index (κ3) is 2.54. The molecule has 0 aromatic rings. The molecule has 2 fully saturated rings. The van der Waals surface area contributed by atoms with Gasteiger partial charge in [0.05, 0.1) is 6.54 Å². The first-order valence-corrected chi connectivity index (χ1v) is 6.15. The van der Waals surface area contributed by atoms with Gasteiger partial charge in [-0.05, 0) is 27.2 Å². The van der Waals surface area contributed by atoms with E-state index in [4.69, 9.17) is 0 Å². The maximum absolute atomic E-state index is 13.1. The summed E-state index contributed by atoms with van der Waals surface area (Å²) in [6, 6.07) is 0.340. The first-order chi connectivity index (χ1) is 7.28. The number of hydrogen-bond acceptors (Lipinski definition) is 2. The molecule has 0 amide bonds. The van der Waals surface area contributed by atoms with Crippen LogP contribution in [-0.2, 0) is 0 Å². The zero-order valence-electron chi connectivity index (χ0n) is 10.5. The Labute approximate surface area is 96.6 Å². The van der Waals surface area contributed by atoms with E-state index in [1.54, 1.807) is 0 Å². The molecule has 0 radical (unpaired) electrons. The molecule has 0 N–H and O–H groups in total. The molecule has 2 saturated heterocycles. The summed E-state index contributed by atoms with van der Waals surface area (Å²) < 4.78 is 26.2. The highest BCUT2D eigenvalue weighted by atomic mass is 19.3. The standard InChI is InChI=1S/C12H22F2N2/c1-11(2,3)16-6-4-10(8-16)15-7-5-12(13,14)9-15/h10H,4-9H2,1-3H3/t10-/m1/s1. The second-order valence-corrected chi connectivity index (χ2v) is 6.14. The van der Waals surface area contributed by atoms with E-state index < -0.39 is 5.92 Å². The maximum Gasteiger partial charge on any atom is 0.261 e. The normalized spacial score (nSPS) is 32.4. The largest absolute Gasteiger partial charge is 0.297 e. The van der Waals surface area contributed by atoms with Crippen LogP contribution in [-0.4, -0.2) is 53.5 Å². The van der Waals surface area contributed by atoms with Gasteiger partial charge in [-0.25, -0.2) is 8.78 Å². The van der Waals surface area contributed by atoms with Crippen LogP contribution in [0.3, 0.4) is 0 Å². The molecule has 2 heterocycles. The number of halogens is 2. The minimum atomic E-state index is -2.45. The molecular weight excluding hydrogens is 210 g/mol. The van der Waals surface area contributed by atoms with Gasteiger partial charge < -0.3 is 0 Å². The minimum Gasteiger partial charge on any atom is -0.297 e. The van der Waals surface area contributed by atoms with Gasteiger partial charge in [0.1, 0.15) is 0 Å². The van der Waals surface area contributed by atoms with E-state index in [-0.39, 0.29) is 18.5 Å². The average molecular weight is 232 g/mol. The first kappa shape index (κ1) is 12.2. The Kier molecular flexibility index (Phi) is 2.99. The molecule has 2 nitrogen and oxygen atoms in total. The number of alkyl halides is 2. The van der Waals surface area contributed by atoms with E-state index in [0.29, 0.717) is 12.6 Å². The lowest BCUT2D eigenvalue weighted by atomic mass is 10.1. The van der Waals surface area contributed by atoms with Crippen molar-refractivity contribution in [2.45, 2.75) is 51.1 Å².